The van der Waals surface area contributed by atoms with Crippen molar-refractivity contribution >= 4 is 11.6 Å². The normalized spacial score (nSPS) is 10.3. The van der Waals surface area contributed by atoms with Crippen molar-refractivity contribution in [3.8, 4) is 17.6 Å². The number of benzene rings is 2. The Morgan fingerprint density at radius 1 is 1.15 bits per heavy atom. The maximum absolute atomic E-state index is 12.1. The highest BCUT2D eigenvalue weighted by Crippen LogP contribution is 2.27. The molecule has 0 atom stereocenters. The van der Waals surface area contributed by atoms with Crippen LogP contribution in [-0.2, 0) is 11.3 Å². The first-order valence-corrected chi connectivity index (χ1v) is 8.25. The fourth-order valence-electron chi connectivity index (χ4n) is 2.56. The monoisotopic (exact) mass is 353 g/mol. The number of carbonyl (C=O) groups excluding carboxylic acids is 1. The van der Waals surface area contributed by atoms with Crippen LogP contribution in [0.5, 0.6) is 11.5 Å². The van der Waals surface area contributed by atoms with E-state index in [4.69, 9.17) is 14.7 Å². The zero-order chi connectivity index (χ0) is 18.9. The molecular weight excluding hydrogens is 330 g/mol. The minimum Gasteiger partial charge on any atom is -0.493 e. The van der Waals surface area contributed by atoms with Crippen LogP contribution in [0.4, 0.5) is 5.69 Å². The summed E-state index contributed by atoms with van der Waals surface area (Å²) in [6, 6.07) is 14.8. The number of hydrogen-bond acceptors (Lipinski definition) is 5. The molecule has 0 aliphatic heterocycles. The minimum atomic E-state index is -0.119. The van der Waals surface area contributed by atoms with Crippen LogP contribution in [0.15, 0.2) is 42.5 Å². The molecule has 0 saturated heterocycles. The van der Waals surface area contributed by atoms with Crippen LogP contribution >= 0.6 is 0 Å². The predicted molar refractivity (Wildman–Crippen MR) is 100 cm³/mol. The lowest BCUT2D eigenvalue weighted by Gasteiger charge is -2.17. The molecule has 0 aliphatic rings. The quantitative estimate of drug-likeness (QED) is 0.789. The number of anilines is 1. The fraction of sp³-hybridized carbons (Fsp3) is 0.300. The first-order chi connectivity index (χ1) is 12.6. The lowest BCUT2D eigenvalue weighted by molar-refractivity contribution is -0.116. The highest BCUT2D eigenvalue weighted by molar-refractivity contribution is 5.92. The topological polar surface area (TPSA) is 74.6 Å². The second kappa shape index (κ2) is 9.44. The van der Waals surface area contributed by atoms with Crippen molar-refractivity contribution in [1.29, 1.82) is 5.26 Å². The van der Waals surface area contributed by atoms with Gasteiger partial charge in [0.05, 0.1) is 25.5 Å². The van der Waals surface area contributed by atoms with Crippen molar-refractivity contribution in [2.24, 2.45) is 0 Å². The van der Waals surface area contributed by atoms with Gasteiger partial charge in [0.1, 0.15) is 6.07 Å². The maximum Gasteiger partial charge on any atom is 0.225 e. The van der Waals surface area contributed by atoms with Crippen LogP contribution in [0.2, 0.25) is 0 Å². The summed E-state index contributed by atoms with van der Waals surface area (Å²) in [4.78, 5) is 14.2. The summed E-state index contributed by atoms with van der Waals surface area (Å²) in [5.74, 6) is 1.26. The third-order valence-corrected chi connectivity index (χ3v) is 3.94. The molecule has 6 nitrogen and oxygen atoms in total. The highest BCUT2D eigenvalue weighted by Gasteiger charge is 2.10. The van der Waals surface area contributed by atoms with Gasteiger partial charge in [-0.3, -0.25) is 4.79 Å². The van der Waals surface area contributed by atoms with Crippen molar-refractivity contribution in [2.75, 3.05) is 33.1 Å². The first kappa shape index (κ1) is 19.3. The maximum atomic E-state index is 12.1. The van der Waals surface area contributed by atoms with E-state index in [1.54, 1.807) is 38.5 Å². The average Bonchev–Trinajstić information content (AvgIpc) is 2.66. The van der Waals surface area contributed by atoms with Crippen molar-refractivity contribution in [2.45, 2.75) is 13.0 Å². The van der Waals surface area contributed by atoms with E-state index in [-0.39, 0.29) is 5.91 Å². The molecule has 0 radical (unpaired) electrons. The number of methoxy groups -OCH3 is 2. The summed E-state index contributed by atoms with van der Waals surface area (Å²) in [5.41, 5.74) is 2.07. The van der Waals surface area contributed by atoms with Gasteiger partial charge in [0.15, 0.2) is 11.5 Å². The number of nitrogens with one attached hydrogen (secondary N) is 1. The number of carbonyl (C=O) groups is 1. The summed E-state index contributed by atoms with van der Waals surface area (Å²) in [6.07, 6.45) is 0.337. The Balaban J connectivity index is 1.87. The number of amides is 1. The Kier molecular flexibility index (Phi) is 7.01. The van der Waals surface area contributed by atoms with Gasteiger partial charge in [-0.05, 0) is 36.9 Å². The fourth-order valence-corrected chi connectivity index (χ4v) is 2.56. The van der Waals surface area contributed by atoms with Crippen LogP contribution in [0, 0.1) is 11.3 Å². The second-order valence-corrected chi connectivity index (χ2v) is 5.88. The van der Waals surface area contributed by atoms with E-state index in [0.29, 0.717) is 42.3 Å². The van der Waals surface area contributed by atoms with Crippen molar-refractivity contribution < 1.29 is 14.3 Å². The van der Waals surface area contributed by atoms with Crippen LogP contribution in [0.25, 0.3) is 0 Å². The lowest BCUT2D eigenvalue weighted by Crippen LogP contribution is -2.24. The van der Waals surface area contributed by atoms with E-state index in [1.807, 2.05) is 25.2 Å². The van der Waals surface area contributed by atoms with E-state index in [1.165, 1.54) is 0 Å². The molecule has 136 valence electrons. The van der Waals surface area contributed by atoms with Gasteiger partial charge in [0.25, 0.3) is 0 Å². The molecule has 2 aromatic carbocycles. The minimum absolute atomic E-state index is 0.119. The molecule has 0 bridgehead atoms. The van der Waals surface area contributed by atoms with Gasteiger partial charge in [0, 0.05) is 19.5 Å². The smallest absolute Gasteiger partial charge is 0.225 e. The molecule has 0 fully saturated rings. The van der Waals surface area contributed by atoms with Crippen LogP contribution in [0.1, 0.15) is 17.5 Å². The van der Waals surface area contributed by atoms with Crippen LogP contribution < -0.4 is 14.8 Å². The number of nitrogens with zero attached hydrogens (tertiary/aromatic N) is 2. The van der Waals surface area contributed by atoms with Gasteiger partial charge in [-0.1, -0.05) is 18.2 Å². The molecule has 0 heterocycles. The first-order valence-electron chi connectivity index (χ1n) is 8.25. The molecule has 0 unspecified atom stereocenters. The molecule has 6 heteroatoms. The highest BCUT2D eigenvalue weighted by atomic mass is 16.5. The molecule has 0 saturated carbocycles. The largest absolute Gasteiger partial charge is 0.493 e. The van der Waals surface area contributed by atoms with Crippen LogP contribution in [0.3, 0.4) is 0 Å². The third kappa shape index (κ3) is 5.23. The Bertz CT molecular complexity index is 799. The zero-order valence-corrected chi connectivity index (χ0v) is 15.3. The summed E-state index contributed by atoms with van der Waals surface area (Å²) >= 11 is 0. The third-order valence-electron chi connectivity index (χ3n) is 3.94. The van der Waals surface area contributed by atoms with E-state index in [9.17, 15) is 4.79 Å². The number of para-hydroxylation sites is 1. The van der Waals surface area contributed by atoms with Crippen LogP contribution in [-0.4, -0.2) is 38.6 Å². The van der Waals surface area contributed by atoms with Gasteiger partial charge < -0.3 is 19.7 Å². The van der Waals surface area contributed by atoms with E-state index in [2.05, 4.69) is 16.3 Å². The number of ether oxygens (including phenoxy) is 2. The second-order valence-electron chi connectivity index (χ2n) is 5.88. The van der Waals surface area contributed by atoms with E-state index < -0.39 is 0 Å². The molecule has 2 rings (SSSR count). The molecule has 1 amide bonds. The lowest BCUT2D eigenvalue weighted by atomic mass is 10.2. The van der Waals surface area contributed by atoms with Crippen molar-refractivity contribution in [1.82, 2.24) is 4.90 Å². The van der Waals surface area contributed by atoms with Gasteiger partial charge in [-0.2, -0.15) is 5.26 Å². The Morgan fingerprint density at radius 2 is 1.88 bits per heavy atom. The molecule has 0 aromatic heterocycles. The van der Waals surface area contributed by atoms with Crippen molar-refractivity contribution in [3.63, 3.8) is 0 Å². The summed E-state index contributed by atoms with van der Waals surface area (Å²) < 4.78 is 10.5. The van der Waals surface area contributed by atoms with Gasteiger partial charge in [0.2, 0.25) is 5.91 Å². The summed E-state index contributed by atoms with van der Waals surface area (Å²) in [5, 5.41) is 11.9. The van der Waals surface area contributed by atoms with E-state index in [0.717, 1.165) is 5.56 Å². The molecule has 1 N–H and O–H groups in total. The number of rotatable bonds is 8. The molecule has 0 spiro atoms. The summed E-state index contributed by atoms with van der Waals surface area (Å²) in [6.45, 7) is 1.28. The number of hydrogen-bond donors (Lipinski definition) is 1. The molecular formula is C20H23N3O3. The zero-order valence-electron chi connectivity index (χ0n) is 15.3. The Morgan fingerprint density at radius 3 is 2.58 bits per heavy atom. The predicted octanol–water partition coefficient (Wildman–Crippen LogP) is 3.04. The van der Waals surface area contributed by atoms with Gasteiger partial charge >= 0.3 is 0 Å². The van der Waals surface area contributed by atoms with Gasteiger partial charge in [-0.25, -0.2) is 0 Å². The van der Waals surface area contributed by atoms with E-state index >= 15 is 0 Å². The summed E-state index contributed by atoms with van der Waals surface area (Å²) in [7, 11) is 5.16. The Labute approximate surface area is 153 Å². The standard InChI is InChI=1S/C20H23N3O3/c1-23(14-15-8-9-18(25-2)19(12-15)26-3)11-10-20(24)22-17-7-5-4-6-16(17)13-21/h4-9,12H,10-11,14H2,1-3H3,(H,22,24). The Hall–Kier alpha value is -3.04. The SMILES string of the molecule is COc1ccc(CN(C)CCC(=O)Nc2ccccc2C#N)cc1OC. The molecule has 0 aliphatic carbocycles. The van der Waals surface area contributed by atoms with Crippen molar-refractivity contribution in [3.05, 3.63) is 53.6 Å². The number of nitriles is 1. The molecule has 26 heavy (non-hydrogen) atoms. The van der Waals surface area contributed by atoms with Gasteiger partial charge in [-0.15, -0.1) is 0 Å². The average molecular weight is 353 g/mol. The molecule has 2 aromatic rings.